The molecule has 1 unspecified atom stereocenters. The van der Waals surface area contributed by atoms with Gasteiger partial charge < -0.3 is 9.63 Å². The maximum Gasteiger partial charge on any atom is 0.307 e. The predicted molar refractivity (Wildman–Crippen MR) is 70.5 cm³/mol. The van der Waals surface area contributed by atoms with E-state index >= 15 is 0 Å². The van der Waals surface area contributed by atoms with Crippen molar-refractivity contribution in [1.29, 1.82) is 0 Å². The number of carboxylic acids is 1. The highest BCUT2D eigenvalue weighted by Crippen LogP contribution is 2.17. The molecule has 6 nitrogen and oxygen atoms in total. The minimum Gasteiger partial charge on any atom is -0.481 e. The zero-order valence-electron chi connectivity index (χ0n) is 10.3. The van der Waals surface area contributed by atoms with Crippen LogP contribution in [0.1, 0.15) is 12.8 Å². The first-order valence-corrected chi connectivity index (χ1v) is 6.87. The van der Waals surface area contributed by atoms with Crippen LogP contribution in [-0.4, -0.2) is 32.0 Å². The minimum atomic E-state index is -0.799. The Bertz CT molecular complexity index is 544. The summed E-state index contributed by atoms with van der Waals surface area (Å²) in [5.74, 6) is 0.745. The molecule has 0 aliphatic heterocycles. The fourth-order valence-corrected chi connectivity index (χ4v) is 2.21. The Labute approximate surface area is 114 Å². The normalized spacial score (nSPS) is 12.3. The monoisotopic (exact) mass is 279 g/mol. The molecule has 2 heterocycles. The lowest BCUT2D eigenvalue weighted by Gasteiger charge is -2.02. The Morgan fingerprint density at radius 2 is 2.37 bits per heavy atom. The molecule has 0 fully saturated rings. The summed E-state index contributed by atoms with van der Waals surface area (Å²) >= 11 is 1.45. The second-order valence-corrected chi connectivity index (χ2v) is 5.01. The molecule has 1 N–H and O–H groups in total. The van der Waals surface area contributed by atoms with Crippen LogP contribution in [0.4, 0.5) is 0 Å². The number of hydrogen-bond acceptors (Lipinski definition) is 6. The predicted octanol–water partition coefficient (Wildman–Crippen LogP) is 2.09. The Morgan fingerprint density at radius 3 is 3.05 bits per heavy atom. The van der Waals surface area contributed by atoms with Crippen molar-refractivity contribution in [2.45, 2.75) is 12.7 Å². The van der Waals surface area contributed by atoms with E-state index in [9.17, 15) is 4.79 Å². The van der Waals surface area contributed by atoms with Crippen LogP contribution < -0.4 is 0 Å². The number of pyridine rings is 1. The van der Waals surface area contributed by atoms with E-state index in [1.54, 1.807) is 19.2 Å². The number of aromatic nitrogens is 3. The summed E-state index contributed by atoms with van der Waals surface area (Å²) < 4.78 is 5.09. The van der Waals surface area contributed by atoms with Crippen LogP contribution in [0.3, 0.4) is 0 Å². The Kier molecular flexibility index (Phi) is 4.51. The van der Waals surface area contributed by atoms with E-state index in [1.165, 1.54) is 11.8 Å². The van der Waals surface area contributed by atoms with Gasteiger partial charge in [0.1, 0.15) is 5.69 Å². The molecule has 0 aliphatic carbocycles. The van der Waals surface area contributed by atoms with E-state index in [2.05, 4.69) is 15.1 Å². The van der Waals surface area contributed by atoms with Gasteiger partial charge >= 0.3 is 5.97 Å². The second kappa shape index (κ2) is 6.33. The molecule has 2 rings (SSSR count). The zero-order valence-corrected chi connectivity index (χ0v) is 11.1. The highest BCUT2D eigenvalue weighted by molar-refractivity contribution is 7.98. The molecule has 0 spiro atoms. The van der Waals surface area contributed by atoms with Crippen LogP contribution in [0.5, 0.6) is 0 Å². The van der Waals surface area contributed by atoms with Crippen LogP contribution in [0.25, 0.3) is 11.5 Å². The van der Waals surface area contributed by atoms with Crippen molar-refractivity contribution < 1.29 is 14.4 Å². The number of rotatable bonds is 6. The standard InChI is InChI=1S/C12H13N3O3S/c1-8(12(16)17)6-19-7-10-14-11(15-18-10)9-4-2-3-5-13-9/h2-5,8H,6-7H2,1H3,(H,16,17). The van der Waals surface area contributed by atoms with Crippen molar-refractivity contribution in [3.8, 4) is 11.5 Å². The molecular formula is C12H13N3O3S. The molecule has 0 amide bonds. The molecule has 1 atom stereocenters. The number of carbonyl (C=O) groups is 1. The Morgan fingerprint density at radius 1 is 1.53 bits per heavy atom. The topological polar surface area (TPSA) is 89.1 Å². The number of thioether (sulfide) groups is 1. The average Bonchev–Trinajstić information content (AvgIpc) is 2.88. The van der Waals surface area contributed by atoms with Crippen LogP contribution in [-0.2, 0) is 10.5 Å². The maximum atomic E-state index is 10.7. The highest BCUT2D eigenvalue weighted by Gasteiger charge is 2.13. The third-order valence-electron chi connectivity index (χ3n) is 2.38. The van der Waals surface area contributed by atoms with Gasteiger partial charge in [-0.15, -0.1) is 0 Å². The van der Waals surface area contributed by atoms with Crippen molar-refractivity contribution in [1.82, 2.24) is 15.1 Å². The molecule has 2 aromatic heterocycles. The number of nitrogens with zero attached hydrogens (tertiary/aromatic N) is 3. The van der Waals surface area contributed by atoms with Gasteiger partial charge in [-0.25, -0.2) is 0 Å². The first-order valence-electron chi connectivity index (χ1n) is 5.71. The maximum absolute atomic E-state index is 10.7. The van der Waals surface area contributed by atoms with Gasteiger partial charge in [-0.3, -0.25) is 9.78 Å². The van der Waals surface area contributed by atoms with E-state index in [4.69, 9.17) is 9.63 Å². The fourth-order valence-electron chi connectivity index (χ4n) is 1.31. The molecule has 0 radical (unpaired) electrons. The lowest BCUT2D eigenvalue weighted by molar-refractivity contribution is -0.140. The summed E-state index contributed by atoms with van der Waals surface area (Å²) in [7, 11) is 0. The minimum absolute atomic E-state index is 0.386. The molecule has 0 bridgehead atoms. The summed E-state index contributed by atoms with van der Waals surface area (Å²) in [6.07, 6.45) is 1.66. The van der Waals surface area contributed by atoms with Gasteiger partial charge in [0.05, 0.1) is 11.7 Å². The number of aliphatic carboxylic acids is 1. The fraction of sp³-hybridized carbons (Fsp3) is 0.333. The van der Waals surface area contributed by atoms with Gasteiger partial charge in [0, 0.05) is 11.9 Å². The molecule has 0 aliphatic rings. The Balaban J connectivity index is 1.90. The lowest BCUT2D eigenvalue weighted by atomic mass is 10.2. The highest BCUT2D eigenvalue weighted by atomic mass is 32.2. The summed E-state index contributed by atoms with van der Waals surface area (Å²) in [4.78, 5) is 19.0. The molecule has 0 saturated carbocycles. The van der Waals surface area contributed by atoms with E-state index in [-0.39, 0.29) is 5.92 Å². The zero-order chi connectivity index (χ0) is 13.7. The quantitative estimate of drug-likeness (QED) is 0.865. The third-order valence-corrected chi connectivity index (χ3v) is 3.56. The van der Waals surface area contributed by atoms with Gasteiger partial charge in [0.15, 0.2) is 0 Å². The van der Waals surface area contributed by atoms with Crippen LogP contribution >= 0.6 is 11.8 Å². The van der Waals surface area contributed by atoms with Gasteiger partial charge in [0.2, 0.25) is 11.7 Å². The largest absolute Gasteiger partial charge is 0.481 e. The average molecular weight is 279 g/mol. The number of hydrogen-bond donors (Lipinski definition) is 1. The van der Waals surface area contributed by atoms with Crippen molar-refractivity contribution >= 4 is 17.7 Å². The lowest BCUT2D eigenvalue weighted by Crippen LogP contribution is -2.11. The van der Waals surface area contributed by atoms with Crippen LogP contribution in [0.2, 0.25) is 0 Å². The Hall–Kier alpha value is -1.89. The summed E-state index contributed by atoms with van der Waals surface area (Å²) in [6.45, 7) is 1.67. The van der Waals surface area contributed by atoms with Gasteiger partial charge in [-0.05, 0) is 12.1 Å². The van der Waals surface area contributed by atoms with Crippen molar-refractivity contribution in [3.63, 3.8) is 0 Å². The number of carboxylic acid groups (broad SMARTS) is 1. The first-order chi connectivity index (χ1) is 9.16. The van der Waals surface area contributed by atoms with Gasteiger partial charge in [-0.1, -0.05) is 18.1 Å². The first kappa shape index (κ1) is 13.5. The van der Waals surface area contributed by atoms with Crippen molar-refractivity contribution in [3.05, 3.63) is 30.3 Å². The van der Waals surface area contributed by atoms with Crippen molar-refractivity contribution in [2.24, 2.45) is 5.92 Å². The van der Waals surface area contributed by atoms with E-state index < -0.39 is 5.97 Å². The molecule has 2 aromatic rings. The molecule has 100 valence electrons. The molecule has 19 heavy (non-hydrogen) atoms. The molecule has 0 saturated heterocycles. The molecular weight excluding hydrogens is 266 g/mol. The van der Waals surface area contributed by atoms with E-state index in [0.717, 1.165) is 0 Å². The van der Waals surface area contributed by atoms with Gasteiger partial charge in [-0.2, -0.15) is 16.7 Å². The summed E-state index contributed by atoms with van der Waals surface area (Å²) in [5, 5.41) is 12.6. The van der Waals surface area contributed by atoms with Gasteiger partial charge in [0.25, 0.3) is 0 Å². The van der Waals surface area contributed by atoms with Crippen LogP contribution in [0, 0.1) is 5.92 Å². The SMILES string of the molecule is CC(CSCc1nc(-c2ccccn2)no1)C(=O)O. The summed E-state index contributed by atoms with van der Waals surface area (Å²) in [6, 6.07) is 5.46. The molecule has 0 aromatic carbocycles. The molecule has 7 heteroatoms. The van der Waals surface area contributed by atoms with Crippen LogP contribution in [0.15, 0.2) is 28.9 Å². The smallest absolute Gasteiger partial charge is 0.307 e. The van der Waals surface area contributed by atoms with E-state index in [0.29, 0.717) is 28.9 Å². The van der Waals surface area contributed by atoms with E-state index in [1.807, 2.05) is 12.1 Å². The summed E-state index contributed by atoms with van der Waals surface area (Å²) in [5.41, 5.74) is 0.654. The van der Waals surface area contributed by atoms with Crippen molar-refractivity contribution in [2.75, 3.05) is 5.75 Å². The third kappa shape index (κ3) is 3.78. The second-order valence-electron chi connectivity index (χ2n) is 3.98.